The predicted molar refractivity (Wildman–Crippen MR) is 106 cm³/mol. The van der Waals surface area contributed by atoms with E-state index in [0.717, 1.165) is 11.1 Å². The summed E-state index contributed by atoms with van der Waals surface area (Å²) in [6.45, 7) is 2.84. The SMILES string of the molecule is Cc1ccc(S(=O)(=O)N2CCN(C(=O)[C@H]3Cc4ccccc4C(=O)O3)CC2)cc1. The number of sulfonamides is 1. The minimum atomic E-state index is -3.59. The van der Waals surface area contributed by atoms with Crippen molar-refractivity contribution in [1.29, 1.82) is 0 Å². The van der Waals surface area contributed by atoms with Gasteiger partial charge in [-0.15, -0.1) is 0 Å². The molecule has 2 aliphatic rings. The molecular formula is C21H22N2O5S. The Morgan fingerprint density at radius 1 is 1.00 bits per heavy atom. The van der Waals surface area contributed by atoms with Crippen molar-refractivity contribution < 1.29 is 22.7 Å². The highest BCUT2D eigenvalue weighted by atomic mass is 32.2. The third-order valence-corrected chi connectivity index (χ3v) is 7.29. The van der Waals surface area contributed by atoms with Crippen molar-refractivity contribution >= 4 is 21.9 Å². The first-order chi connectivity index (χ1) is 13.9. The third kappa shape index (κ3) is 3.77. The molecule has 1 amide bonds. The summed E-state index contributed by atoms with van der Waals surface area (Å²) >= 11 is 0. The van der Waals surface area contributed by atoms with Crippen LogP contribution in [-0.2, 0) is 26.0 Å². The maximum atomic E-state index is 12.9. The van der Waals surface area contributed by atoms with Gasteiger partial charge in [0.25, 0.3) is 5.91 Å². The van der Waals surface area contributed by atoms with Gasteiger partial charge < -0.3 is 9.64 Å². The summed E-state index contributed by atoms with van der Waals surface area (Å²) in [5.41, 5.74) is 2.27. The van der Waals surface area contributed by atoms with Crippen LogP contribution in [0.5, 0.6) is 0 Å². The van der Waals surface area contributed by atoms with Crippen LogP contribution in [0.15, 0.2) is 53.4 Å². The van der Waals surface area contributed by atoms with Crippen LogP contribution < -0.4 is 0 Å². The Labute approximate surface area is 169 Å². The van der Waals surface area contributed by atoms with Gasteiger partial charge in [-0.25, -0.2) is 13.2 Å². The first kappa shape index (κ1) is 19.6. The molecule has 2 aromatic carbocycles. The maximum absolute atomic E-state index is 12.9. The molecule has 0 unspecified atom stereocenters. The van der Waals surface area contributed by atoms with Crippen LogP contribution in [0.1, 0.15) is 21.5 Å². The number of aryl methyl sites for hydroxylation is 1. The molecule has 152 valence electrons. The second-order valence-corrected chi connectivity index (χ2v) is 9.24. The van der Waals surface area contributed by atoms with Crippen molar-refractivity contribution in [1.82, 2.24) is 9.21 Å². The van der Waals surface area contributed by atoms with E-state index < -0.39 is 22.1 Å². The lowest BCUT2D eigenvalue weighted by Gasteiger charge is -2.36. The topological polar surface area (TPSA) is 84.0 Å². The van der Waals surface area contributed by atoms with Gasteiger partial charge in [0.2, 0.25) is 10.0 Å². The Hall–Kier alpha value is -2.71. The van der Waals surface area contributed by atoms with Gasteiger partial charge in [-0.2, -0.15) is 4.31 Å². The number of amides is 1. The molecule has 29 heavy (non-hydrogen) atoms. The Kier molecular flexibility index (Phi) is 5.14. The molecule has 0 aromatic heterocycles. The van der Waals surface area contributed by atoms with E-state index in [9.17, 15) is 18.0 Å². The molecule has 0 N–H and O–H groups in total. The molecule has 1 atom stereocenters. The van der Waals surface area contributed by atoms with Gasteiger partial charge in [0.1, 0.15) is 0 Å². The average molecular weight is 414 g/mol. The van der Waals surface area contributed by atoms with Gasteiger partial charge in [0, 0.05) is 32.6 Å². The van der Waals surface area contributed by atoms with E-state index in [4.69, 9.17) is 4.74 Å². The van der Waals surface area contributed by atoms with Crippen LogP contribution in [0.4, 0.5) is 0 Å². The first-order valence-electron chi connectivity index (χ1n) is 9.51. The lowest BCUT2D eigenvalue weighted by molar-refractivity contribution is -0.142. The molecule has 1 saturated heterocycles. The highest BCUT2D eigenvalue weighted by Gasteiger charge is 2.36. The molecule has 8 heteroatoms. The molecular weight excluding hydrogens is 392 g/mol. The zero-order valence-electron chi connectivity index (χ0n) is 16.1. The number of cyclic esters (lactones) is 1. The molecule has 7 nitrogen and oxygen atoms in total. The van der Waals surface area contributed by atoms with E-state index >= 15 is 0 Å². The van der Waals surface area contributed by atoms with Crippen molar-refractivity contribution in [3.05, 3.63) is 65.2 Å². The molecule has 0 radical (unpaired) electrons. The zero-order valence-corrected chi connectivity index (χ0v) is 16.9. The van der Waals surface area contributed by atoms with Crippen LogP contribution >= 0.6 is 0 Å². The molecule has 2 aliphatic heterocycles. The molecule has 4 rings (SSSR count). The maximum Gasteiger partial charge on any atom is 0.339 e. The number of hydrogen-bond acceptors (Lipinski definition) is 5. The highest BCUT2D eigenvalue weighted by Crippen LogP contribution is 2.23. The number of carbonyl (C=O) groups excluding carboxylic acids is 2. The van der Waals surface area contributed by atoms with Gasteiger partial charge in [0.05, 0.1) is 10.5 Å². The number of fused-ring (bicyclic) bond motifs is 1. The summed E-state index contributed by atoms with van der Waals surface area (Å²) < 4.78 is 32.4. The summed E-state index contributed by atoms with van der Waals surface area (Å²) in [6.07, 6.45) is -0.527. The number of rotatable bonds is 3. The van der Waals surface area contributed by atoms with Crippen LogP contribution in [0.2, 0.25) is 0 Å². The van der Waals surface area contributed by atoms with E-state index in [2.05, 4.69) is 0 Å². The fourth-order valence-electron chi connectivity index (χ4n) is 3.68. The number of piperazine rings is 1. The average Bonchev–Trinajstić information content (AvgIpc) is 2.73. The minimum absolute atomic E-state index is 0.208. The Bertz CT molecular complexity index is 1040. The molecule has 0 aliphatic carbocycles. The lowest BCUT2D eigenvalue weighted by atomic mass is 9.98. The molecule has 0 saturated carbocycles. The van der Waals surface area contributed by atoms with Crippen LogP contribution in [-0.4, -0.2) is 61.8 Å². The Morgan fingerprint density at radius 3 is 2.34 bits per heavy atom. The van der Waals surface area contributed by atoms with Crippen molar-refractivity contribution in [2.45, 2.75) is 24.3 Å². The van der Waals surface area contributed by atoms with Crippen LogP contribution in [0, 0.1) is 6.92 Å². The largest absolute Gasteiger partial charge is 0.448 e. The second kappa shape index (κ2) is 7.61. The normalized spacial score (nSPS) is 20.1. The molecule has 1 fully saturated rings. The zero-order chi connectivity index (χ0) is 20.6. The number of carbonyl (C=O) groups is 2. The number of hydrogen-bond donors (Lipinski definition) is 0. The fourth-order valence-corrected chi connectivity index (χ4v) is 5.10. The second-order valence-electron chi connectivity index (χ2n) is 7.30. The predicted octanol–water partition coefficient (Wildman–Crippen LogP) is 1.61. The van der Waals surface area contributed by atoms with Crippen LogP contribution in [0.3, 0.4) is 0 Å². The third-order valence-electron chi connectivity index (χ3n) is 5.38. The van der Waals surface area contributed by atoms with Gasteiger partial charge in [0.15, 0.2) is 6.10 Å². The van der Waals surface area contributed by atoms with Gasteiger partial charge in [-0.05, 0) is 30.7 Å². The van der Waals surface area contributed by atoms with E-state index in [1.165, 1.54) is 4.31 Å². The van der Waals surface area contributed by atoms with Gasteiger partial charge >= 0.3 is 5.97 Å². The number of ether oxygens (including phenoxy) is 1. The summed E-state index contributed by atoms with van der Waals surface area (Å²) in [7, 11) is -3.59. The van der Waals surface area contributed by atoms with Crippen molar-refractivity contribution in [2.75, 3.05) is 26.2 Å². The summed E-state index contributed by atoms with van der Waals surface area (Å²) in [4.78, 5) is 26.8. The fraction of sp³-hybridized carbons (Fsp3) is 0.333. The highest BCUT2D eigenvalue weighted by molar-refractivity contribution is 7.89. The van der Waals surface area contributed by atoms with Crippen molar-refractivity contribution in [3.8, 4) is 0 Å². The number of nitrogens with zero attached hydrogens (tertiary/aromatic N) is 2. The lowest BCUT2D eigenvalue weighted by Crippen LogP contribution is -2.54. The Balaban J connectivity index is 1.41. The van der Waals surface area contributed by atoms with Crippen LogP contribution in [0.25, 0.3) is 0 Å². The minimum Gasteiger partial charge on any atom is -0.448 e. The smallest absolute Gasteiger partial charge is 0.339 e. The Morgan fingerprint density at radius 2 is 1.66 bits per heavy atom. The summed E-state index contributed by atoms with van der Waals surface area (Å²) in [5, 5.41) is 0. The van der Waals surface area contributed by atoms with E-state index in [0.29, 0.717) is 12.0 Å². The van der Waals surface area contributed by atoms with Crippen molar-refractivity contribution in [3.63, 3.8) is 0 Å². The quantitative estimate of drug-likeness (QED) is 0.713. The van der Waals surface area contributed by atoms with Gasteiger partial charge in [-0.1, -0.05) is 35.9 Å². The molecule has 0 bridgehead atoms. The van der Waals surface area contributed by atoms with Gasteiger partial charge in [-0.3, -0.25) is 4.79 Å². The standard InChI is InChI=1S/C21H22N2O5S/c1-15-6-8-17(9-7-15)29(26,27)23-12-10-22(11-13-23)20(24)19-14-16-4-2-3-5-18(16)21(25)28-19/h2-9,19H,10-14H2,1H3/t19-/m1/s1. The van der Waals surface area contributed by atoms with E-state index in [-0.39, 0.29) is 37.0 Å². The van der Waals surface area contributed by atoms with Crippen molar-refractivity contribution in [2.24, 2.45) is 0 Å². The summed E-state index contributed by atoms with van der Waals surface area (Å²) in [6, 6.07) is 13.8. The number of benzene rings is 2. The number of esters is 1. The van der Waals surface area contributed by atoms with E-state index in [1.54, 1.807) is 41.3 Å². The van der Waals surface area contributed by atoms with E-state index in [1.807, 2.05) is 19.1 Å². The molecule has 2 heterocycles. The molecule has 0 spiro atoms. The summed E-state index contributed by atoms with van der Waals surface area (Å²) in [5.74, 6) is -0.772. The first-order valence-corrected chi connectivity index (χ1v) is 10.9. The molecule has 2 aromatic rings. The monoisotopic (exact) mass is 414 g/mol.